The fraction of sp³-hybridized carbons (Fsp3) is 0.622. The summed E-state index contributed by atoms with van der Waals surface area (Å²) in [6.45, 7) is 4.18. The number of allylic oxidation sites excluding steroid dienone is 26. The predicted molar refractivity (Wildman–Crippen MR) is 362 cm³/mol. The minimum atomic E-state index is -4.41. The number of hydrogen-bond donors (Lipinski definition) is 1. The van der Waals surface area contributed by atoms with E-state index in [2.05, 4.69) is 172 Å². The monoisotopic (exact) mass is 1180 g/mol. The van der Waals surface area contributed by atoms with Crippen LogP contribution in [0.4, 0.5) is 0 Å². The maximum atomic E-state index is 12.9. The molecule has 84 heavy (non-hydrogen) atoms. The van der Waals surface area contributed by atoms with Crippen molar-refractivity contribution in [2.75, 3.05) is 47.5 Å². The number of hydrogen-bond acceptors (Lipinski definition) is 7. The van der Waals surface area contributed by atoms with Crippen molar-refractivity contribution >= 4 is 19.8 Å². The largest absolute Gasteiger partial charge is 0.472 e. The highest BCUT2D eigenvalue weighted by Crippen LogP contribution is 2.43. The van der Waals surface area contributed by atoms with Crippen LogP contribution in [-0.2, 0) is 32.7 Å². The molecule has 0 aromatic rings. The van der Waals surface area contributed by atoms with Gasteiger partial charge >= 0.3 is 19.8 Å². The van der Waals surface area contributed by atoms with Crippen molar-refractivity contribution < 1.29 is 42.1 Å². The van der Waals surface area contributed by atoms with Gasteiger partial charge in [-0.2, -0.15) is 0 Å². The smallest absolute Gasteiger partial charge is 0.462 e. The van der Waals surface area contributed by atoms with Gasteiger partial charge < -0.3 is 18.9 Å². The zero-order chi connectivity index (χ0) is 61.2. The van der Waals surface area contributed by atoms with Crippen LogP contribution in [0.3, 0.4) is 0 Å². The van der Waals surface area contributed by atoms with Crippen LogP contribution in [0.2, 0.25) is 0 Å². The second-order valence-electron chi connectivity index (χ2n) is 22.7. The van der Waals surface area contributed by atoms with Crippen molar-refractivity contribution in [3.63, 3.8) is 0 Å². The lowest BCUT2D eigenvalue weighted by Gasteiger charge is -2.24. The summed E-state index contributed by atoms with van der Waals surface area (Å²) in [5.41, 5.74) is 0. The Labute approximate surface area is 516 Å². The first-order valence-electron chi connectivity index (χ1n) is 33.2. The average molecular weight is 1190 g/mol. The molecule has 9 nitrogen and oxygen atoms in total. The number of likely N-dealkylation sites (N-methyl/N-ethyl adjacent to an activating group) is 1. The van der Waals surface area contributed by atoms with Gasteiger partial charge in [-0.05, 0) is 122 Å². The van der Waals surface area contributed by atoms with E-state index >= 15 is 0 Å². The Kier molecular flexibility index (Phi) is 59.9. The number of phosphoric ester groups is 1. The lowest BCUT2D eigenvalue weighted by molar-refractivity contribution is -0.870. The van der Waals surface area contributed by atoms with Gasteiger partial charge in [0.05, 0.1) is 27.7 Å². The molecule has 0 saturated carbocycles. The van der Waals surface area contributed by atoms with Crippen molar-refractivity contribution in [2.24, 2.45) is 0 Å². The summed E-state index contributed by atoms with van der Waals surface area (Å²) in [6.07, 6.45) is 94.6. The number of nitrogens with zero attached hydrogens (tertiary/aromatic N) is 1. The van der Waals surface area contributed by atoms with Gasteiger partial charge in [0.2, 0.25) is 0 Å². The Morgan fingerprint density at radius 1 is 0.369 bits per heavy atom. The molecule has 2 atom stereocenters. The lowest BCUT2D eigenvalue weighted by atomic mass is 10.0. The summed E-state index contributed by atoms with van der Waals surface area (Å²) in [4.78, 5) is 35.8. The number of unbranched alkanes of at least 4 members (excludes halogenated alkanes) is 19. The number of esters is 2. The Morgan fingerprint density at radius 3 is 0.952 bits per heavy atom. The maximum Gasteiger partial charge on any atom is 0.472 e. The molecule has 0 radical (unpaired) electrons. The topological polar surface area (TPSA) is 108 Å². The predicted octanol–water partition coefficient (Wildman–Crippen LogP) is 21.6. The van der Waals surface area contributed by atoms with Gasteiger partial charge in [-0.1, -0.05) is 268 Å². The molecule has 0 fully saturated rings. The third kappa shape index (κ3) is 66.8. The molecule has 0 amide bonds. The lowest BCUT2D eigenvalue weighted by Crippen LogP contribution is -2.37. The summed E-state index contributed by atoms with van der Waals surface area (Å²) in [5.74, 6) is -0.819. The first-order chi connectivity index (χ1) is 41.0. The minimum absolute atomic E-state index is 0.0211. The van der Waals surface area contributed by atoms with Crippen LogP contribution in [0.1, 0.15) is 245 Å². The zero-order valence-electron chi connectivity index (χ0n) is 54.1. The van der Waals surface area contributed by atoms with Crippen molar-refractivity contribution in [2.45, 2.75) is 251 Å². The molecular formula is C74H123NO8P+. The SMILES string of the molecule is CC/C=C\C/C=C\C/C=C\C/C=C\C/C=C\C/C=C\C/C=C\C/C=C\CCCCCCCCCCC(=O)OC(COC(=O)CCCCCCCCCCCCC/C=C\C/C=C\C/C=C\C/C=C\C/C=C\CC)COP(=O)(O)OCC[N+](C)(C)C. The summed E-state index contributed by atoms with van der Waals surface area (Å²) in [5, 5.41) is 0. The van der Waals surface area contributed by atoms with Crippen LogP contribution in [0, 0.1) is 0 Å². The van der Waals surface area contributed by atoms with Crippen molar-refractivity contribution in [1.29, 1.82) is 0 Å². The van der Waals surface area contributed by atoms with E-state index < -0.39 is 26.5 Å². The number of quaternary nitrogens is 1. The molecule has 0 heterocycles. The van der Waals surface area contributed by atoms with Gasteiger partial charge in [0.15, 0.2) is 6.10 Å². The molecule has 0 spiro atoms. The summed E-state index contributed by atoms with van der Waals surface area (Å²) >= 11 is 0. The normalized spacial score (nSPS) is 14.2. The average Bonchev–Trinajstić information content (AvgIpc) is 3.61. The van der Waals surface area contributed by atoms with E-state index in [1.807, 2.05) is 21.1 Å². The van der Waals surface area contributed by atoms with Crippen LogP contribution in [0.15, 0.2) is 158 Å². The highest BCUT2D eigenvalue weighted by molar-refractivity contribution is 7.47. The van der Waals surface area contributed by atoms with Gasteiger partial charge in [0, 0.05) is 12.8 Å². The Balaban J connectivity index is 4.17. The summed E-state index contributed by atoms with van der Waals surface area (Å²) < 4.78 is 34.7. The molecule has 476 valence electrons. The van der Waals surface area contributed by atoms with Crippen molar-refractivity contribution in [3.05, 3.63) is 158 Å². The van der Waals surface area contributed by atoms with E-state index in [0.29, 0.717) is 17.4 Å². The second-order valence-corrected chi connectivity index (χ2v) is 24.2. The minimum Gasteiger partial charge on any atom is -0.462 e. The van der Waals surface area contributed by atoms with E-state index in [4.69, 9.17) is 18.5 Å². The molecule has 0 rings (SSSR count). The van der Waals surface area contributed by atoms with Crippen LogP contribution >= 0.6 is 7.82 Å². The van der Waals surface area contributed by atoms with Crippen molar-refractivity contribution in [1.82, 2.24) is 0 Å². The first kappa shape index (κ1) is 79.6. The van der Waals surface area contributed by atoms with Crippen LogP contribution in [0.25, 0.3) is 0 Å². The third-order valence-corrected chi connectivity index (χ3v) is 14.5. The zero-order valence-corrected chi connectivity index (χ0v) is 55.0. The fourth-order valence-electron chi connectivity index (χ4n) is 8.53. The Hall–Kier alpha value is -4.37. The number of phosphoric acid groups is 1. The number of rotatable bonds is 59. The molecule has 10 heteroatoms. The van der Waals surface area contributed by atoms with E-state index in [9.17, 15) is 19.0 Å². The summed E-state index contributed by atoms with van der Waals surface area (Å²) in [7, 11) is 1.45. The second kappa shape index (κ2) is 63.1. The standard InChI is InChI=1S/C74H122NO8P/c1-6-8-10-12-14-16-18-20-22-24-26-28-30-32-34-35-36-37-38-39-41-43-45-47-49-51-53-55-57-59-61-63-65-67-74(77)83-72(71-82-84(78,79)81-69-68-75(3,4)5)70-80-73(76)66-64-62-60-58-56-54-52-50-48-46-44-42-40-33-31-29-27-25-23-21-19-17-15-13-11-9-7-2/h8-11,14-17,20-23,26-29,32-34,36-37,39-41,45,47,72H,6-7,12-13,18-19,24-25,30-31,35,38,42-44,46,48-71H2,1-5H3/p+1/b10-8-,11-9-,16-14-,17-15-,22-20-,23-21-,28-26-,29-27-,34-32-,37-36-,40-33-,41-39-,47-45-. The van der Waals surface area contributed by atoms with E-state index in [-0.39, 0.29) is 32.0 Å². The van der Waals surface area contributed by atoms with Gasteiger partial charge in [-0.15, -0.1) is 0 Å². The fourth-order valence-corrected chi connectivity index (χ4v) is 9.27. The molecule has 1 N–H and O–H groups in total. The van der Waals surface area contributed by atoms with Crippen molar-refractivity contribution in [3.8, 4) is 0 Å². The molecular weight excluding hydrogens is 1060 g/mol. The molecule has 2 unspecified atom stereocenters. The molecule has 0 aliphatic heterocycles. The Bertz CT molecular complexity index is 1970. The number of carbonyl (C=O) groups excluding carboxylic acids is 2. The third-order valence-electron chi connectivity index (χ3n) is 13.6. The van der Waals surface area contributed by atoms with E-state index in [0.717, 1.165) is 141 Å². The first-order valence-corrected chi connectivity index (χ1v) is 34.7. The molecule has 0 bridgehead atoms. The van der Waals surface area contributed by atoms with Gasteiger partial charge in [-0.25, -0.2) is 4.57 Å². The van der Waals surface area contributed by atoms with Gasteiger partial charge in [-0.3, -0.25) is 18.6 Å². The quantitative estimate of drug-likeness (QED) is 0.0211. The number of ether oxygens (including phenoxy) is 2. The van der Waals surface area contributed by atoms with Crippen LogP contribution < -0.4 is 0 Å². The van der Waals surface area contributed by atoms with E-state index in [1.165, 1.54) is 70.6 Å². The number of carbonyl (C=O) groups is 2. The molecule has 0 saturated heterocycles. The van der Waals surface area contributed by atoms with Crippen LogP contribution in [-0.4, -0.2) is 74.9 Å². The van der Waals surface area contributed by atoms with Crippen LogP contribution in [0.5, 0.6) is 0 Å². The van der Waals surface area contributed by atoms with Gasteiger partial charge in [0.25, 0.3) is 0 Å². The molecule has 0 aromatic carbocycles. The molecule has 0 aromatic heterocycles. The molecule has 0 aliphatic carbocycles. The summed E-state index contributed by atoms with van der Waals surface area (Å²) in [6, 6.07) is 0. The molecule has 0 aliphatic rings. The van der Waals surface area contributed by atoms with E-state index in [1.54, 1.807) is 0 Å². The van der Waals surface area contributed by atoms with Gasteiger partial charge in [0.1, 0.15) is 19.8 Å². The Morgan fingerprint density at radius 2 is 0.643 bits per heavy atom. The maximum absolute atomic E-state index is 12.9. The highest BCUT2D eigenvalue weighted by Gasteiger charge is 2.27. The highest BCUT2D eigenvalue weighted by atomic mass is 31.2.